The summed E-state index contributed by atoms with van der Waals surface area (Å²) in [5.41, 5.74) is 3.20. The molecule has 6 nitrogen and oxygen atoms in total. The number of methoxy groups -OCH3 is 1. The van der Waals surface area contributed by atoms with Gasteiger partial charge in [-0.3, -0.25) is 4.79 Å². The standard InChI is InChI=1S/C27H35F3N4O2/c1-4-13-33(14-5-2)20-9-10-22-23(16-20)34(17-19-7-6-12-31-25(19)32-22)26(35)18-8-11-24(36-3)21(15-18)27(28,29)30/h6-7,9-10,12,16,18,21,24H,4-5,8,11,13-15,17H2,1-3H3,(H,31,32)/t18-,21+,24-/m1/s1. The number of carbonyl (C=O) groups is 1. The SMILES string of the molecule is CCCN(CCC)c1ccc2c(c1)N(C(=O)[C@@H]1CC[C@@H](OC)[C@@H](C(F)(F)F)C1)Cc1cccnc1N2. The zero-order chi connectivity index (χ0) is 25.9. The van der Waals surface area contributed by atoms with E-state index in [2.05, 4.69) is 29.0 Å². The number of carbonyl (C=O) groups excluding carboxylic acids is 1. The molecule has 2 aliphatic rings. The average Bonchev–Trinajstić information content (AvgIpc) is 3.03. The van der Waals surface area contributed by atoms with Gasteiger partial charge in [0.05, 0.1) is 29.9 Å². The second-order valence-corrected chi connectivity index (χ2v) is 9.68. The van der Waals surface area contributed by atoms with Crippen molar-refractivity contribution in [2.45, 2.75) is 64.8 Å². The van der Waals surface area contributed by atoms with Crippen LogP contribution in [0.15, 0.2) is 36.5 Å². The molecule has 4 rings (SSSR count). The molecule has 9 heteroatoms. The Bertz CT molecular complexity index is 1060. The van der Waals surface area contributed by atoms with Crippen molar-refractivity contribution in [3.63, 3.8) is 0 Å². The molecule has 1 fully saturated rings. The molecule has 0 unspecified atom stereocenters. The predicted molar refractivity (Wildman–Crippen MR) is 136 cm³/mol. The molecule has 0 bridgehead atoms. The molecule has 1 amide bonds. The van der Waals surface area contributed by atoms with Gasteiger partial charge in [-0.25, -0.2) is 4.98 Å². The number of hydrogen-bond acceptors (Lipinski definition) is 5. The largest absolute Gasteiger partial charge is 0.394 e. The van der Waals surface area contributed by atoms with Crippen LogP contribution in [0.4, 0.5) is 36.1 Å². The van der Waals surface area contributed by atoms with E-state index in [1.54, 1.807) is 17.2 Å². The maximum absolute atomic E-state index is 13.9. The number of alkyl halides is 3. The molecule has 196 valence electrons. The smallest absolute Gasteiger partial charge is 0.381 e. The second-order valence-electron chi connectivity index (χ2n) is 9.68. The van der Waals surface area contributed by atoms with Gasteiger partial charge in [-0.05, 0) is 56.4 Å². The fourth-order valence-electron chi connectivity index (χ4n) is 5.43. The van der Waals surface area contributed by atoms with E-state index in [1.807, 2.05) is 24.3 Å². The first-order chi connectivity index (χ1) is 17.3. The van der Waals surface area contributed by atoms with Crippen LogP contribution in [0, 0.1) is 11.8 Å². The molecular weight excluding hydrogens is 469 g/mol. The lowest BCUT2D eigenvalue weighted by atomic mass is 9.78. The maximum atomic E-state index is 13.9. The van der Waals surface area contributed by atoms with Gasteiger partial charge in [-0.2, -0.15) is 13.2 Å². The molecule has 1 saturated carbocycles. The van der Waals surface area contributed by atoms with Gasteiger partial charge in [0, 0.05) is 43.6 Å². The number of anilines is 4. The van der Waals surface area contributed by atoms with Crippen molar-refractivity contribution in [1.82, 2.24) is 4.98 Å². The van der Waals surface area contributed by atoms with Crippen molar-refractivity contribution >= 4 is 28.8 Å². The van der Waals surface area contributed by atoms with Crippen molar-refractivity contribution in [2.24, 2.45) is 11.8 Å². The number of fused-ring (bicyclic) bond motifs is 2. The Hall–Kier alpha value is -2.81. The number of amides is 1. The molecule has 1 aliphatic carbocycles. The summed E-state index contributed by atoms with van der Waals surface area (Å²) in [6.07, 6.45) is -1.39. The molecule has 36 heavy (non-hydrogen) atoms. The molecule has 3 atom stereocenters. The Labute approximate surface area is 210 Å². The molecule has 1 aromatic carbocycles. The molecular formula is C27H35F3N4O2. The Morgan fingerprint density at radius 2 is 1.94 bits per heavy atom. The molecule has 2 aromatic rings. The Morgan fingerprint density at radius 3 is 2.61 bits per heavy atom. The van der Waals surface area contributed by atoms with Gasteiger partial charge in [-0.15, -0.1) is 0 Å². The van der Waals surface area contributed by atoms with E-state index in [0.29, 0.717) is 17.9 Å². The van der Waals surface area contributed by atoms with Gasteiger partial charge in [0.2, 0.25) is 5.91 Å². The lowest BCUT2D eigenvalue weighted by Gasteiger charge is -2.37. The summed E-state index contributed by atoms with van der Waals surface area (Å²) >= 11 is 0. The monoisotopic (exact) mass is 504 g/mol. The third kappa shape index (κ3) is 5.45. The van der Waals surface area contributed by atoms with Crippen molar-refractivity contribution in [2.75, 3.05) is 35.3 Å². The fraction of sp³-hybridized carbons (Fsp3) is 0.556. The highest BCUT2D eigenvalue weighted by Gasteiger charge is 2.50. The number of benzene rings is 1. The van der Waals surface area contributed by atoms with Crippen LogP contribution in [0.5, 0.6) is 0 Å². The number of rotatable bonds is 7. The predicted octanol–water partition coefficient (Wildman–Crippen LogP) is 6.29. The van der Waals surface area contributed by atoms with Crippen LogP contribution in [0.3, 0.4) is 0 Å². The highest BCUT2D eigenvalue weighted by Crippen LogP contribution is 2.44. The number of hydrogen-bond donors (Lipinski definition) is 1. The van der Waals surface area contributed by atoms with E-state index >= 15 is 0 Å². The number of ether oxygens (including phenoxy) is 1. The Balaban J connectivity index is 1.72. The van der Waals surface area contributed by atoms with Gasteiger partial charge in [0.25, 0.3) is 0 Å². The summed E-state index contributed by atoms with van der Waals surface area (Å²) in [4.78, 5) is 22.3. The molecule has 1 N–H and O–H groups in total. The first kappa shape index (κ1) is 26.3. The summed E-state index contributed by atoms with van der Waals surface area (Å²) in [7, 11) is 1.31. The minimum Gasteiger partial charge on any atom is -0.381 e. The molecule has 0 radical (unpaired) electrons. The topological polar surface area (TPSA) is 57.7 Å². The number of halogens is 3. The fourth-order valence-corrected chi connectivity index (χ4v) is 5.43. The highest BCUT2D eigenvalue weighted by atomic mass is 19.4. The van der Waals surface area contributed by atoms with Crippen LogP contribution in [0.2, 0.25) is 0 Å². The van der Waals surface area contributed by atoms with Crippen molar-refractivity contribution in [1.29, 1.82) is 0 Å². The normalized spacial score (nSPS) is 21.7. The van der Waals surface area contributed by atoms with E-state index in [-0.39, 0.29) is 25.3 Å². The lowest BCUT2D eigenvalue weighted by molar-refractivity contribution is -0.216. The number of nitrogens with zero attached hydrogens (tertiary/aromatic N) is 3. The molecule has 0 spiro atoms. The van der Waals surface area contributed by atoms with Crippen LogP contribution in [-0.2, 0) is 16.1 Å². The first-order valence-electron chi connectivity index (χ1n) is 12.8. The van der Waals surface area contributed by atoms with E-state index in [4.69, 9.17) is 4.74 Å². The second kappa shape index (κ2) is 11.1. The quantitative estimate of drug-likeness (QED) is 0.480. The van der Waals surface area contributed by atoms with Gasteiger partial charge >= 0.3 is 6.18 Å². The summed E-state index contributed by atoms with van der Waals surface area (Å²) in [6.45, 7) is 6.25. The minimum atomic E-state index is -4.41. The van der Waals surface area contributed by atoms with Gasteiger partial charge in [0.15, 0.2) is 0 Å². The Kier molecular flexibility index (Phi) is 8.07. The lowest BCUT2D eigenvalue weighted by Crippen LogP contribution is -2.45. The van der Waals surface area contributed by atoms with Crippen LogP contribution in [0.25, 0.3) is 0 Å². The molecule has 1 aliphatic heterocycles. The molecule has 1 aromatic heterocycles. The van der Waals surface area contributed by atoms with Gasteiger partial charge < -0.3 is 19.9 Å². The zero-order valence-electron chi connectivity index (χ0n) is 21.1. The number of aromatic nitrogens is 1. The summed E-state index contributed by atoms with van der Waals surface area (Å²) < 4.78 is 46.6. The minimum absolute atomic E-state index is 0.203. The zero-order valence-corrected chi connectivity index (χ0v) is 21.1. The third-order valence-electron chi connectivity index (χ3n) is 7.22. The summed E-state index contributed by atoms with van der Waals surface area (Å²) in [6, 6.07) is 9.64. The van der Waals surface area contributed by atoms with Crippen molar-refractivity contribution in [3.8, 4) is 0 Å². The van der Waals surface area contributed by atoms with Crippen LogP contribution in [0.1, 0.15) is 51.5 Å². The number of pyridine rings is 1. The van der Waals surface area contributed by atoms with Crippen LogP contribution in [-0.4, -0.2) is 43.4 Å². The van der Waals surface area contributed by atoms with E-state index in [1.165, 1.54) is 7.11 Å². The average molecular weight is 505 g/mol. The van der Waals surface area contributed by atoms with Crippen LogP contribution >= 0.6 is 0 Å². The first-order valence-corrected chi connectivity index (χ1v) is 12.8. The maximum Gasteiger partial charge on any atom is 0.394 e. The van der Waals surface area contributed by atoms with E-state index in [0.717, 1.165) is 42.9 Å². The summed E-state index contributed by atoms with van der Waals surface area (Å²) in [5.74, 6) is -2.02. The van der Waals surface area contributed by atoms with Crippen molar-refractivity contribution in [3.05, 3.63) is 42.1 Å². The molecule has 0 saturated heterocycles. The van der Waals surface area contributed by atoms with E-state index < -0.39 is 24.1 Å². The Morgan fingerprint density at radius 1 is 1.19 bits per heavy atom. The van der Waals surface area contributed by atoms with Crippen molar-refractivity contribution < 1.29 is 22.7 Å². The highest BCUT2D eigenvalue weighted by molar-refractivity contribution is 6.00. The van der Waals surface area contributed by atoms with E-state index in [9.17, 15) is 18.0 Å². The summed E-state index contributed by atoms with van der Waals surface area (Å²) in [5, 5.41) is 3.35. The van der Waals surface area contributed by atoms with Gasteiger partial charge in [0.1, 0.15) is 5.82 Å². The van der Waals surface area contributed by atoms with Gasteiger partial charge in [-0.1, -0.05) is 19.9 Å². The third-order valence-corrected chi connectivity index (χ3v) is 7.22. The van der Waals surface area contributed by atoms with Crippen LogP contribution < -0.4 is 15.1 Å². The number of nitrogens with one attached hydrogen (secondary N) is 1. The molecule has 2 heterocycles.